The topological polar surface area (TPSA) is 39.4 Å². The summed E-state index contributed by atoms with van der Waals surface area (Å²) in [6.45, 7) is 0. The van der Waals surface area contributed by atoms with Crippen molar-refractivity contribution in [2.45, 2.75) is 6.18 Å². The van der Waals surface area contributed by atoms with E-state index in [9.17, 15) is 18.0 Å². The summed E-state index contributed by atoms with van der Waals surface area (Å²) in [4.78, 5) is 11.2. The van der Waals surface area contributed by atoms with Gasteiger partial charge in [-0.3, -0.25) is 0 Å². The number of benzene rings is 1. The van der Waals surface area contributed by atoms with Gasteiger partial charge in [0.2, 0.25) is 5.76 Å². The lowest BCUT2D eigenvalue weighted by atomic mass is 10.1. The lowest BCUT2D eigenvalue weighted by molar-refractivity contribution is -0.137. The first kappa shape index (κ1) is 14.5. The summed E-state index contributed by atoms with van der Waals surface area (Å²) in [5.74, 6) is -0.554. The van der Waals surface area contributed by atoms with Crippen molar-refractivity contribution in [1.82, 2.24) is 0 Å². The molecule has 1 aromatic heterocycles. The Hall–Kier alpha value is -1.95. The number of ether oxygens (including phenoxy) is 1. The molecule has 106 valence electrons. The van der Waals surface area contributed by atoms with Crippen molar-refractivity contribution >= 4 is 17.6 Å². The number of hydrogen-bond donors (Lipinski definition) is 0. The smallest absolute Gasteiger partial charge is 0.416 e. The van der Waals surface area contributed by atoms with E-state index >= 15 is 0 Å². The molecule has 3 nitrogen and oxygen atoms in total. The molecule has 0 amide bonds. The number of furan rings is 1. The van der Waals surface area contributed by atoms with Crippen LogP contribution in [0.4, 0.5) is 13.2 Å². The van der Waals surface area contributed by atoms with Crippen LogP contribution in [0, 0.1) is 0 Å². The highest BCUT2D eigenvalue weighted by atomic mass is 35.5. The number of methoxy groups -OCH3 is 1. The lowest BCUT2D eigenvalue weighted by Crippen LogP contribution is -2.04. The molecule has 0 atom stereocenters. The summed E-state index contributed by atoms with van der Waals surface area (Å²) in [6.07, 6.45) is -4.47. The van der Waals surface area contributed by atoms with Crippen LogP contribution in [0.1, 0.15) is 16.1 Å². The highest BCUT2D eigenvalue weighted by Crippen LogP contribution is 2.36. The molecular formula is C13H8ClF3O3. The molecule has 0 spiro atoms. The minimum absolute atomic E-state index is 0.0570. The zero-order valence-corrected chi connectivity index (χ0v) is 10.9. The normalized spacial score (nSPS) is 11.4. The Labute approximate surface area is 116 Å². The second-order valence-electron chi connectivity index (χ2n) is 3.85. The third-order valence-corrected chi connectivity index (χ3v) is 2.87. The molecule has 0 saturated carbocycles. The standard InChI is InChI=1S/C13H8ClF3O3/c1-19-12(18)11-5-4-10(20-11)8-3-2-7(6-9(8)14)13(15,16)17/h2-6H,1H3. The highest BCUT2D eigenvalue weighted by molar-refractivity contribution is 6.33. The van der Waals surface area contributed by atoms with E-state index in [2.05, 4.69) is 4.74 Å². The van der Waals surface area contributed by atoms with E-state index in [1.807, 2.05) is 0 Å². The highest BCUT2D eigenvalue weighted by Gasteiger charge is 2.31. The summed E-state index contributed by atoms with van der Waals surface area (Å²) in [7, 11) is 1.19. The fourth-order valence-electron chi connectivity index (χ4n) is 1.58. The monoisotopic (exact) mass is 304 g/mol. The van der Waals surface area contributed by atoms with Crippen molar-refractivity contribution in [2.24, 2.45) is 0 Å². The van der Waals surface area contributed by atoms with Crippen molar-refractivity contribution in [3.05, 3.63) is 46.7 Å². The fourth-order valence-corrected chi connectivity index (χ4v) is 1.86. The molecule has 0 fully saturated rings. The Morgan fingerprint density at radius 3 is 2.50 bits per heavy atom. The van der Waals surface area contributed by atoms with Gasteiger partial charge < -0.3 is 9.15 Å². The van der Waals surface area contributed by atoms with Gasteiger partial charge in [0.1, 0.15) is 5.76 Å². The van der Waals surface area contributed by atoms with Crippen molar-refractivity contribution in [1.29, 1.82) is 0 Å². The van der Waals surface area contributed by atoms with E-state index in [0.717, 1.165) is 12.1 Å². The van der Waals surface area contributed by atoms with Gasteiger partial charge in [0.25, 0.3) is 0 Å². The molecule has 1 heterocycles. The first-order valence-electron chi connectivity index (χ1n) is 5.38. The van der Waals surface area contributed by atoms with E-state index in [1.54, 1.807) is 0 Å². The van der Waals surface area contributed by atoms with Gasteiger partial charge >= 0.3 is 12.1 Å². The van der Waals surface area contributed by atoms with Crippen LogP contribution in [0.15, 0.2) is 34.7 Å². The van der Waals surface area contributed by atoms with Crippen molar-refractivity contribution in [3.8, 4) is 11.3 Å². The molecule has 0 bridgehead atoms. The summed E-state index contributed by atoms with van der Waals surface area (Å²) >= 11 is 5.82. The van der Waals surface area contributed by atoms with Crippen molar-refractivity contribution < 1.29 is 27.1 Å². The average molecular weight is 305 g/mol. The Morgan fingerprint density at radius 1 is 1.25 bits per heavy atom. The second-order valence-corrected chi connectivity index (χ2v) is 4.26. The maximum Gasteiger partial charge on any atom is 0.416 e. The number of hydrogen-bond acceptors (Lipinski definition) is 3. The molecule has 7 heteroatoms. The van der Waals surface area contributed by atoms with Crippen molar-refractivity contribution in [3.63, 3.8) is 0 Å². The average Bonchev–Trinajstić information content (AvgIpc) is 2.86. The van der Waals surface area contributed by atoms with Crippen LogP contribution in [-0.2, 0) is 10.9 Å². The molecule has 20 heavy (non-hydrogen) atoms. The lowest BCUT2D eigenvalue weighted by Gasteiger charge is -2.08. The number of rotatable bonds is 2. The van der Waals surface area contributed by atoms with E-state index in [-0.39, 0.29) is 22.1 Å². The molecule has 0 unspecified atom stereocenters. The molecule has 0 saturated heterocycles. The minimum Gasteiger partial charge on any atom is -0.463 e. The minimum atomic E-state index is -4.47. The van der Waals surface area contributed by atoms with E-state index in [4.69, 9.17) is 16.0 Å². The van der Waals surface area contributed by atoms with Crippen molar-refractivity contribution in [2.75, 3.05) is 7.11 Å². The van der Waals surface area contributed by atoms with Gasteiger partial charge in [-0.1, -0.05) is 11.6 Å². The van der Waals surface area contributed by atoms with E-state index < -0.39 is 17.7 Å². The predicted molar refractivity (Wildman–Crippen MR) is 65.5 cm³/mol. The number of halogens is 4. The zero-order valence-electron chi connectivity index (χ0n) is 10.1. The van der Waals surface area contributed by atoms with Gasteiger partial charge in [0.05, 0.1) is 17.7 Å². The molecule has 1 aromatic carbocycles. The molecule has 0 radical (unpaired) electrons. The van der Waals surface area contributed by atoms with Gasteiger partial charge in [-0.15, -0.1) is 0 Å². The van der Waals surface area contributed by atoms with Gasteiger partial charge in [0.15, 0.2) is 0 Å². The van der Waals surface area contributed by atoms with Gasteiger partial charge in [-0.25, -0.2) is 4.79 Å². The Bertz CT molecular complexity index is 647. The van der Waals surface area contributed by atoms with Crippen LogP contribution in [0.5, 0.6) is 0 Å². The van der Waals surface area contributed by atoms with Crippen LogP contribution < -0.4 is 0 Å². The van der Waals surface area contributed by atoms with Gasteiger partial charge in [0, 0.05) is 5.56 Å². The molecule has 0 aliphatic heterocycles. The van der Waals surface area contributed by atoms with E-state index in [1.165, 1.54) is 25.3 Å². The first-order chi connectivity index (χ1) is 9.32. The number of carbonyl (C=O) groups excluding carboxylic acids is 1. The maximum atomic E-state index is 12.5. The van der Waals surface area contributed by atoms with Gasteiger partial charge in [-0.05, 0) is 30.3 Å². The predicted octanol–water partition coefficient (Wildman–Crippen LogP) is 4.41. The summed E-state index contributed by atoms with van der Waals surface area (Å²) < 4.78 is 47.2. The van der Waals surface area contributed by atoms with Crippen LogP contribution in [0.3, 0.4) is 0 Å². The summed E-state index contributed by atoms with van der Waals surface area (Å²) in [6, 6.07) is 5.67. The maximum absolute atomic E-state index is 12.5. The van der Waals surface area contributed by atoms with Crippen LogP contribution >= 0.6 is 11.6 Å². The molecule has 2 aromatic rings. The molecule has 0 N–H and O–H groups in total. The third kappa shape index (κ3) is 2.80. The summed E-state index contributed by atoms with van der Waals surface area (Å²) in [5, 5.41) is -0.120. The quantitative estimate of drug-likeness (QED) is 0.772. The molecular weight excluding hydrogens is 297 g/mol. The van der Waals surface area contributed by atoms with E-state index in [0.29, 0.717) is 0 Å². The third-order valence-electron chi connectivity index (χ3n) is 2.55. The molecule has 0 aliphatic rings. The number of carbonyl (C=O) groups is 1. The Kier molecular flexibility index (Phi) is 3.76. The van der Waals surface area contributed by atoms with Crippen LogP contribution in [-0.4, -0.2) is 13.1 Å². The van der Waals surface area contributed by atoms with Crippen LogP contribution in [0.25, 0.3) is 11.3 Å². The Balaban J connectivity index is 2.39. The number of esters is 1. The molecule has 0 aliphatic carbocycles. The number of alkyl halides is 3. The Morgan fingerprint density at radius 2 is 1.95 bits per heavy atom. The van der Waals surface area contributed by atoms with Crippen LogP contribution in [0.2, 0.25) is 5.02 Å². The second kappa shape index (κ2) is 5.20. The van der Waals surface area contributed by atoms with Gasteiger partial charge in [-0.2, -0.15) is 13.2 Å². The molecule has 2 rings (SSSR count). The largest absolute Gasteiger partial charge is 0.463 e. The summed E-state index contributed by atoms with van der Waals surface area (Å²) in [5.41, 5.74) is -0.596. The fraction of sp³-hybridized carbons (Fsp3) is 0.154. The zero-order chi connectivity index (χ0) is 14.9. The SMILES string of the molecule is COC(=O)c1ccc(-c2ccc(C(F)(F)F)cc2Cl)o1. The first-order valence-corrected chi connectivity index (χ1v) is 5.76.